The summed E-state index contributed by atoms with van der Waals surface area (Å²) in [6.07, 6.45) is 5.64. The molecule has 1 saturated heterocycles. The Morgan fingerprint density at radius 3 is 2.59 bits per heavy atom. The molecule has 0 radical (unpaired) electrons. The molecule has 1 aromatic rings. The standard InChI is InChI=1S/C17H21Cl2NO2/c18-14-5-4-12(8-15(14)19)9-20-10-13(16(21)22)17(11-20)6-2-1-3-7-17/h4-5,8,13H,1-3,6-7,9-11H2,(H,21,22). The maximum absolute atomic E-state index is 11.7. The number of aliphatic carboxylic acids is 1. The molecule has 1 saturated carbocycles. The van der Waals surface area contributed by atoms with E-state index in [1.807, 2.05) is 12.1 Å². The maximum Gasteiger partial charge on any atom is 0.308 e. The lowest BCUT2D eigenvalue weighted by Gasteiger charge is -2.36. The molecule has 1 N–H and O–H groups in total. The van der Waals surface area contributed by atoms with E-state index >= 15 is 0 Å². The van der Waals surface area contributed by atoms with Crippen molar-refractivity contribution in [2.24, 2.45) is 11.3 Å². The van der Waals surface area contributed by atoms with Crippen LogP contribution in [0.1, 0.15) is 37.7 Å². The fourth-order valence-electron chi connectivity index (χ4n) is 4.19. The topological polar surface area (TPSA) is 40.5 Å². The fraction of sp³-hybridized carbons (Fsp3) is 0.588. The number of rotatable bonds is 3. The highest BCUT2D eigenvalue weighted by Crippen LogP contribution is 2.48. The Labute approximate surface area is 141 Å². The van der Waals surface area contributed by atoms with Gasteiger partial charge in [-0.2, -0.15) is 0 Å². The highest BCUT2D eigenvalue weighted by atomic mass is 35.5. The van der Waals surface area contributed by atoms with Gasteiger partial charge in [0.15, 0.2) is 0 Å². The van der Waals surface area contributed by atoms with Crippen molar-refractivity contribution in [2.45, 2.75) is 38.6 Å². The first kappa shape index (κ1) is 16.1. The summed E-state index contributed by atoms with van der Waals surface area (Å²) >= 11 is 12.0. The average molecular weight is 342 g/mol. The minimum Gasteiger partial charge on any atom is -0.481 e. The zero-order valence-electron chi connectivity index (χ0n) is 12.5. The molecule has 0 amide bonds. The second kappa shape index (κ2) is 6.38. The minimum atomic E-state index is -0.640. The van der Waals surface area contributed by atoms with E-state index in [0.717, 1.165) is 44.3 Å². The summed E-state index contributed by atoms with van der Waals surface area (Å²) in [4.78, 5) is 14.0. The summed E-state index contributed by atoms with van der Waals surface area (Å²) in [5, 5.41) is 10.7. The van der Waals surface area contributed by atoms with Crippen LogP contribution >= 0.6 is 23.2 Å². The van der Waals surface area contributed by atoms with Crippen LogP contribution in [0.2, 0.25) is 10.0 Å². The number of carboxylic acid groups (broad SMARTS) is 1. The molecule has 2 aliphatic rings. The van der Waals surface area contributed by atoms with Gasteiger partial charge in [-0.1, -0.05) is 48.5 Å². The van der Waals surface area contributed by atoms with E-state index < -0.39 is 5.97 Å². The number of carboxylic acids is 1. The number of carbonyl (C=O) groups is 1. The van der Waals surface area contributed by atoms with Crippen LogP contribution in [0.5, 0.6) is 0 Å². The summed E-state index contributed by atoms with van der Waals surface area (Å²) in [6.45, 7) is 2.25. The van der Waals surface area contributed by atoms with Gasteiger partial charge >= 0.3 is 5.97 Å². The van der Waals surface area contributed by atoms with E-state index in [4.69, 9.17) is 23.2 Å². The van der Waals surface area contributed by atoms with Gasteiger partial charge in [-0.05, 0) is 36.0 Å². The van der Waals surface area contributed by atoms with Gasteiger partial charge in [0.2, 0.25) is 0 Å². The Balaban J connectivity index is 1.75. The number of likely N-dealkylation sites (tertiary alicyclic amines) is 1. The zero-order chi connectivity index (χ0) is 15.7. The normalized spacial score (nSPS) is 24.7. The summed E-state index contributed by atoms with van der Waals surface area (Å²) in [7, 11) is 0. The Morgan fingerprint density at radius 1 is 1.23 bits per heavy atom. The van der Waals surface area contributed by atoms with E-state index in [-0.39, 0.29) is 11.3 Å². The van der Waals surface area contributed by atoms with Gasteiger partial charge in [-0.25, -0.2) is 0 Å². The number of hydrogen-bond acceptors (Lipinski definition) is 2. The van der Waals surface area contributed by atoms with E-state index in [1.54, 1.807) is 6.07 Å². The largest absolute Gasteiger partial charge is 0.481 e. The molecule has 1 aromatic carbocycles. The molecule has 3 nitrogen and oxygen atoms in total. The third kappa shape index (κ3) is 3.12. The zero-order valence-corrected chi connectivity index (χ0v) is 14.0. The SMILES string of the molecule is O=C(O)C1CN(Cc2ccc(Cl)c(Cl)c2)CC12CCCCC2. The van der Waals surface area contributed by atoms with Crippen molar-refractivity contribution in [1.29, 1.82) is 0 Å². The van der Waals surface area contributed by atoms with E-state index in [9.17, 15) is 9.90 Å². The first-order chi connectivity index (χ1) is 10.5. The van der Waals surface area contributed by atoms with Crippen molar-refractivity contribution in [2.75, 3.05) is 13.1 Å². The van der Waals surface area contributed by atoms with Gasteiger partial charge in [0.25, 0.3) is 0 Å². The lowest BCUT2D eigenvalue weighted by molar-refractivity contribution is -0.145. The molecular formula is C17H21Cl2NO2. The van der Waals surface area contributed by atoms with Gasteiger partial charge in [0.1, 0.15) is 0 Å². The highest BCUT2D eigenvalue weighted by Gasteiger charge is 2.50. The molecule has 1 spiro atoms. The number of halogens is 2. The van der Waals surface area contributed by atoms with Crippen LogP contribution in [0.25, 0.3) is 0 Å². The number of benzene rings is 1. The van der Waals surface area contributed by atoms with Crippen LogP contribution in [-0.4, -0.2) is 29.1 Å². The molecule has 5 heteroatoms. The molecule has 120 valence electrons. The van der Waals surface area contributed by atoms with Gasteiger partial charge in [0, 0.05) is 19.6 Å². The van der Waals surface area contributed by atoms with Crippen LogP contribution < -0.4 is 0 Å². The van der Waals surface area contributed by atoms with Crippen LogP contribution in [0.3, 0.4) is 0 Å². The maximum atomic E-state index is 11.7. The molecule has 1 aliphatic heterocycles. The van der Waals surface area contributed by atoms with Crippen LogP contribution in [0, 0.1) is 11.3 Å². The predicted octanol–water partition coefficient (Wildman–Crippen LogP) is 4.46. The summed E-state index contributed by atoms with van der Waals surface area (Å²) in [6, 6.07) is 5.65. The quantitative estimate of drug-likeness (QED) is 0.882. The molecule has 1 atom stereocenters. The number of hydrogen-bond donors (Lipinski definition) is 1. The van der Waals surface area contributed by atoms with Gasteiger partial charge in [0.05, 0.1) is 16.0 Å². The van der Waals surface area contributed by atoms with Crippen LogP contribution in [-0.2, 0) is 11.3 Å². The van der Waals surface area contributed by atoms with E-state index in [1.165, 1.54) is 6.42 Å². The number of nitrogens with zero attached hydrogens (tertiary/aromatic N) is 1. The van der Waals surface area contributed by atoms with Crippen molar-refractivity contribution in [1.82, 2.24) is 4.90 Å². The second-order valence-electron chi connectivity index (χ2n) is 6.73. The van der Waals surface area contributed by atoms with Crippen molar-refractivity contribution in [3.63, 3.8) is 0 Å². The van der Waals surface area contributed by atoms with E-state index in [0.29, 0.717) is 16.6 Å². The molecule has 1 heterocycles. The molecule has 0 bridgehead atoms. The third-order valence-corrected chi connectivity index (χ3v) is 6.00. The van der Waals surface area contributed by atoms with Crippen molar-refractivity contribution >= 4 is 29.2 Å². The molecule has 3 rings (SSSR count). The molecule has 22 heavy (non-hydrogen) atoms. The molecule has 0 aromatic heterocycles. The van der Waals surface area contributed by atoms with Gasteiger partial charge in [-0.15, -0.1) is 0 Å². The van der Waals surface area contributed by atoms with Gasteiger partial charge < -0.3 is 5.11 Å². The lowest BCUT2D eigenvalue weighted by Crippen LogP contribution is -2.36. The summed E-state index contributed by atoms with van der Waals surface area (Å²) in [5.41, 5.74) is 1.06. The molecular weight excluding hydrogens is 321 g/mol. The first-order valence-corrected chi connectivity index (χ1v) is 8.65. The summed E-state index contributed by atoms with van der Waals surface area (Å²) in [5.74, 6) is -0.880. The summed E-state index contributed by atoms with van der Waals surface area (Å²) < 4.78 is 0. The second-order valence-corrected chi connectivity index (χ2v) is 7.55. The van der Waals surface area contributed by atoms with Gasteiger partial charge in [-0.3, -0.25) is 9.69 Å². The average Bonchev–Trinajstić information content (AvgIpc) is 2.82. The lowest BCUT2D eigenvalue weighted by atomic mass is 9.68. The third-order valence-electron chi connectivity index (χ3n) is 5.26. The van der Waals surface area contributed by atoms with Crippen LogP contribution in [0.4, 0.5) is 0 Å². The molecule has 1 unspecified atom stereocenters. The first-order valence-electron chi connectivity index (χ1n) is 7.89. The Morgan fingerprint density at radius 2 is 1.95 bits per heavy atom. The fourth-order valence-corrected chi connectivity index (χ4v) is 4.51. The van der Waals surface area contributed by atoms with Crippen molar-refractivity contribution in [3.05, 3.63) is 33.8 Å². The monoisotopic (exact) mass is 341 g/mol. The van der Waals surface area contributed by atoms with Crippen molar-refractivity contribution in [3.8, 4) is 0 Å². The van der Waals surface area contributed by atoms with Crippen molar-refractivity contribution < 1.29 is 9.90 Å². The Kier molecular flexibility index (Phi) is 4.67. The molecule has 2 fully saturated rings. The molecule has 1 aliphatic carbocycles. The predicted molar refractivity (Wildman–Crippen MR) is 88.4 cm³/mol. The Hall–Kier alpha value is -0.770. The highest BCUT2D eigenvalue weighted by molar-refractivity contribution is 6.42. The minimum absolute atomic E-state index is 0.0275. The smallest absolute Gasteiger partial charge is 0.308 e. The van der Waals surface area contributed by atoms with E-state index in [2.05, 4.69) is 4.90 Å². The Bertz CT molecular complexity index is 570. The van der Waals surface area contributed by atoms with Crippen LogP contribution in [0.15, 0.2) is 18.2 Å².